The molecule has 6 heteroatoms. The molecule has 28 heavy (non-hydrogen) atoms. The van der Waals surface area contributed by atoms with E-state index in [1.165, 1.54) is 6.08 Å². The van der Waals surface area contributed by atoms with Crippen molar-refractivity contribution in [3.63, 3.8) is 0 Å². The third kappa shape index (κ3) is 4.27. The van der Waals surface area contributed by atoms with Crippen LogP contribution in [0.5, 0.6) is 5.75 Å². The Morgan fingerprint density at radius 2 is 1.93 bits per heavy atom. The van der Waals surface area contributed by atoms with E-state index in [9.17, 15) is 10.1 Å². The number of hydrogen-bond acceptors (Lipinski definition) is 4. The minimum Gasteiger partial charge on any atom is -0.497 e. The second kappa shape index (κ2) is 8.69. The minimum atomic E-state index is -0.430. The molecule has 0 bridgehead atoms. The molecule has 0 spiro atoms. The standard InChI is InChI=1S/C22H20N4O2/c1-15(16-6-4-3-5-7-16)25-22(27)18(13-23)12-19-14-24-26-21(19)17-8-10-20(28-2)11-9-17/h3-12,14-15H,1-2H3,(H,24,26)(H,25,27)/b18-12-/t15-/m0/s1. The number of ether oxygens (including phenoxy) is 1. The molecule has 0 aliphatic rings. The van der Waals surface area contributed by atoms with Gasteiger partial charge in [0.25, 0.3) is 5.91 Å². The highest BCUT2D eigenvalue weighted by atomic mass is 16.5. The largest absolute Gasteiger partial charge is 0.497 e. The van der Waals surface area contributed by atoms with E-state index in [2.05, 4.69) is 15.5 Å². The molecule has 1 aromatic heterocycles. The molecule has 0 saturated carbocycles. The van der Waals surface area contributed by atoms with Gasteiger partial charge in [0.2, 0.25) is 0 Å². The third-order valence-electron chi connectivity index (χ3n) is 4.36. The summed E-state index contributed by atoms with van der Waals surface area (Å²) in [4.78, 5) is 12.6. The van der Waals surface area contributed by atoms with E-state index < -0.39 is 5.91 Å². The van der Waals surface area contributed by atoms with Gasteiger partial charge in [0.15, 0.2) is 0 Å². The van der Waals surface area contributed by atoms with Crippen LogP contribution in [-0.4, -0.2) is 23.2 Å². The average Bonchev–Trinajstić information content (AvgIpc) is 3.20. The van der Waals surface area contributed by atoms with Crippen molar-refractivity contribution >= 4 is 12.0 Å². The van der Waals surface area contributed by atoms with Gasteiger partial charge in [-0.2, -0.15) is 10.4 Å². The van der Waals surface area contributed by atoms with Gasteiger partial charge in [-0.25, -0.2) is 0 Å². The summed E-state index contributed by atoms with van der Waals surface area (Å²) in [6.45, 7) is 1.88. The van der Waals surface area contributed by atoms with E-state index in [1.54, 1.807) is 13.3 Å². The molecule has 1 heterocycles. The Bertz CT molecular complexity index is 1010. The van der Waals surface area contributed by atoms with Crippen LogP contribution in [0.15, 0.2) is 66.4 Å². The zero-order chi connectivity index (χ0) is 19.9. The van der Waals surface area contributed by atoms with E-state index in [-0.39, 0.29) is 11.6 Å². The van der Waals surface area contributed by atoms with Gasteiger partial charge in [-0.1, -0.05) is 30.3 Å². The SMILES string of the molecule is COc1ccc(-c2[nH]ncc2/C=C(/C#N)C(=O)N[C@@H](C)c2ccccc2)cc1. The number of methoxy groups -OCH3 is 1. The van der Waals surface area contributed by atoms with Gasteiger partial charge < -0.3 is 10.1 Å². The summed E-state index contributed by atoms with van der Waals surface area (Å²) in [7, 11) is 1.60. The van der Waals surface area contributed by atoms with Crippen molar-refractivity contribution in [1.29, 1.82) is 5.26 Å². The first-order valence-corrected chi connectivity index (χ1v) is 8.77. The van der Waals surface area contributed by atoms with Gasteiger partial charge in [0, 0.05) is 11.1 Å². The average molecular weight is 372 g/mol. The van der Waals surface area contributed by atoms with Gasteiger partial charge in [0.05, 0.1) is 25.0 Å². The Balaban J connectivity index is 1.82. The smallest absolute Gasteiger partial charge is 0.262 e. The van der Waals surface area contributed by atoms with Crippen LogP contribution in [0, 0.1) is 11.3 Å². The molecule has 0 saturated heterocycles. The maximum absolute atomic E-state index is 12.6. The fourth-order valence-electron chi connectivity index (χ4n) is 2.80. The molecule has 0 unspecified atom stereocenters. The van der Waals surface area contributed by atoms with Crippen molar-refractivity contribution in [2.75, 3.05) is 7.11 Å². The lowest BCUT2D eigenvalue weighted by atomic mass is 10.0. The Morgan fingerprint density at radius 3 is 2.57 bits per heavy atom. The number of benzene rings is 2. The van der Waals surface area contributed by atoms with E-state index in [0.717, 1.165) is 22.6 Å². The van der Waals surface area contributed by atoms with Crippen molar-refractivity contribution in [3.05, 3.63) is 77.5 Å². The van der Waals surface area contributed by atoms with Crippen LogP contribution >= 0.6 is 0 Å². The quantitative estimate of drug-likeness (QED) is 0.508. The molecule has 1 amide bonds. The number of carbonyl (C=O) groups excluding carboxylic acids is 1. The summed E-state index contributed by atoms with van der Waals surface area (Å²) in [5.74, 6) is 0.313. The molecule has 0 fully saturated rings. The van der Waals surface area contributed by atoms with Crippen molar-refractivity contribution in [3.8, 4) is 23.1 Å². The summed E-state index contributed by atoms with van der Waals surface area (Å²) in [5, 5.41) is 19.3. The number of nitrogens with zero attached hydrogens (tertiary/aromatic N) is 2. The summed E-state index contributed by atoms with van der Waals surface area (Å²) < 4.78 is 5.17. The Hall–Kier alpha value is -3.85. The number of nitrogens with one attached hydrogen (secondary N) is 2. The summed E-state index contributed by atoms with van der Waals surface area (Å²) >= 11 is 0. The predicted molar refractivity (Wildman–Crippen MR) is 107 cm³/mol. The first-order chi connectivity index (χ1) is 13.6. The molecular weight excluding hydrogens is 352 g/mol. The number of nitriles is 1. The monoisotopic (exact) mass is 372 g/mol. The van der Waals surface area contributed by atoms with Gasteiger partial charge in [-0.3, -0.25) is 9.89 Å². The van der Waals surface area contributed by atoms with Gasteiger partial charge in [-0.05, 0) is 42.8 Å². The van der Waals surface area contributed by atoms with E-state index in [4.69, 9.17) is 4.74 Å². The van der Waals surface area contributed by atoms with E-state index in [0.29, 0.717) is 5.56 Å². The third-order valence-corrected chi connectivity index (χ3v) is 4.36. The normalized spacial score (nSPS) is 12.1. The minimum absolute atomic E-state index is 0.0129. The lowest BCUT2D eigenvalue weighted by Gasteiger charge is -2.13. The van der Waals surface area contributed by atoms with Crippen LogP contribution in [0.25, 0.3) is 17.3 Å². The number of H-pyrrole nitrogens is 1. The van der Waals surface area contributed by atoms with Crippen LogP contribution in [0.3, 0.4) is 0 Å². The van der Waals surface area contributed by atoms with Crippen LogP contribution in [0.2, 0.25) is 0 Å². The second-order valence-corrected chi connectivity index (χ2v) is 6.20. The topological polar surface area (TPSA) is 90.8 Å². The molecule has 2 N–H and O–H groups in total. The zero-order valence-electron chi connectivity index (χ0n) is 15.6. The van der Waals surface area contributed by atoms with E-state index in [1.807, 2.05) is 67.6 Å². The highest BCUT2D eigenvalue weighted by Gasteiger charge is 2.15. The van der Waals surface area contributed by atoms with Gasteiger partial charge in [-0.15, -0.1) is 0 Å². The van der Waals surface area contributed by atoms with Crippen LogP contribution in [-0.2, 0) is 4.79 Å². The fraction of sp³-hybridized carbons (Fsp3) is 0.136. The summed E-state index contributed by atoms with van der Waals surface area (Å²) in [6.07, 6.45) is 3.13. The number of amides is 1. The molecule has 0 aliphatic carbocycles. The number of aromatic nitrogens is 2. The molecule has 2 aromatic carbocycles. The number of hydrogen-bond donors (Lipinski definition) is 2. The van der Waals surface area contributed by atoms with Crippen molar-refractivity contribution in [2.45, 2.75) is 13.0 Å². The Labute approximate surface area is 163 Å². The molecule has 140 valence electrons. The molecule has 6 nitrogen and oxygen atoms in total. The van der Waals surface area contributed by atoms with Crippen LogP contribution < -0.4 is 10.1 Å². The predicted octanol–water partition coefficient (Wildman–Crippen LogP) is 3.87. The van der Waals surface area contributed by atoms with Crippen LogP contribution in [0.1, 0.15) is 24.1 Å². The summed E-state index contributed by atoms with van der Waals surface area (Å²) in [6, 6.07) is 18.8. The number of rotatable bonds is 6. The summed E-state index contributed by atoms with van der Waals surface area (Å²) in [5.41, 5.74) is 3.23. The van der Waals surface area contributed by atoms with E-state index >= 15 is 0 Å². The fourth-order valence-corrected chi connectivity index (χ4v) is 2.80. The second-order valence-electron chi connectivity index (χ2n) is 6.20. The Kier molecular flexibility index (Phi) is 5.87. The molecule has 3 aromatic rings. The molecule has 3 rings (SSSR count). The van der Waals surface area contributed by atoms with Gasteiger partial charge in [0.1, 0.15) is 17.4 Å². The van der Waals surface area contributed by atoms with Crippen molar-refractivity contribution in [2.24, 2.45) is 0 Å². The van der Waals surface area contributed by atoms with Crippen LogP contribution in [0.4, 0.5) is 0 Å². The van der Waals surface area contributed by atoms with Gasteiger partial charge >= 0.3 is 0 Å². The maximum Gasteiger partial charge on any atom is 0.262 e. The Morgan fingerprint density at radius 1 is 1.21 bits per heavy atom. The first-order valence-electron chi connectivity index (χ1n) is 8.77. The van der Waals surface area contributed by atoms with Crippen molar-refractivity contribution in [1.82, 2.24) is 15.5 Å². The highest BCUT2D eigenvalue weighted by Crippen LogP contribution is 2.25. The zero-order valence-corrected chi connectivity index (χ0v) is 15.6. The maximum atomic E-state index is 12.6. The number of carbonyl (C=O) groups is 1. The van der Waals surface area contributed by atoms with Crippen molar-refractivity contribution < 1.29 is 9.53 Å². The lowest BCUT2D eigenvalue weighted by molar-refractivity contribution is -0.117. The first kappa shape index (κ1) is 18.9. The molecule has 0 radical (unpaired) electrons. The number of aromatic amines is 1. The lowest BCUT2D eigenvalue weighted by Crippen LogP contribution is -2.27. The molecular formula is C22H20N4O2. The molecule has 0 aliphatic heterocycles. The highest BCUT2D eigenvalue weighted by molar-refractivity contribution is 6.02. The molecule has 1 atom stereocenters.